The van der Waals surface area contributed by atoms with Gasteiger partial charge in [0, 0.05) is 75.2 Å². The topological polar surface area (TPSA) is 238 Å². The summed E-state index contributed by atoms with van der Waals surface area (Å²) in [5.74, 6) is -3.25. The Hall–Kier alpha value is -4.04. The number of cyclic esters (lactones) is 1. The highest BCUT2D eigenvalue weighted by molar-refractivity contribution is 5.73. The van der Waals surface area contributed by atoms with Crippen LogP contribution in [-0.4, -0.2) is 186 Å². The monoisotopic (exact) mass is 1050 g/mol. The minimum atomic E-state index is -1.83. The lowest BCUT2D eigenvalue weighted by Crippen LogP contribution is -2.62. The van der Waals surface area contributed by atoms with Gasteiger partial charge < -0.3 is 59.0 Å². The van der Waals surface area contributed by atoms with Crippen molar-refractivity contribution in [2.24, 2.45) is 23.7 Å². The van der Waals surface area contributed by atoms with Gasteiger partial charge in [0.2, 0.25) is 0 Å². The fourth-order valence-corrected chi connectivity index (χ4v) is 12.3. The van der Waals surface area contributed by atoms with Crippen LogP contribution >= 0.6 is 0 Å². The molecule has 0 amide bonds. The highest BCUT2D eigenvalue weighted by atomic mass is 19.1. The summed E-state index contributed by atoms with van der Waals surface area (Å²) in [7, 11) is 5.26. The number of esters is 1. The first-order valence-electron chi connectivity index (χ1n) is 26.8. The molecule has 2 unspecified atom stereocenters. The minimum Gasteiger partial charge on any atom is -0.459 e. The average Bonchev–Trinajstić information content (AvgIpc) is 3.86. The van der Waals surface area contributed by atoms with Crippen molar-refractivity contribution in [1.29, 1.82) is 5.26 Å². The number of aliphatic hydroxyl groups excluding tert-OH is 3. The molecule has 6 rings (SSSR count). The van der Waals surface area contributed by atoms with Gasteiger partial charge in [0.1, 0.15) is 42.8 Å². The Morgan fingerprint density at radius 1 is 1.00 bits per heavy atom. The first-order chi connectivity index (χ1) is 35.3. The lowest BCUT2D eigenvalue weighted by molar-refractivity contribution is -0.302. The van der Waals surface area contributed by atoms with Crippen molar-refractivity contribution >= 4 is 5.97 Å². The lowest BCUT2D eigenvalue weighted by atomic mass is 9.68. The maximum absolute atomic E-state index is 14.6. The van der Waals surface area contributed by atoms with Crippen molar-refractivity contribution in [3.05, 3.63) is 65.7 Å². The zero-order chi connectivity index (χ0) is 55.3. The van der Waals surface area contributed by atoms with Gasteiger partial charge in [-0.3, -0.25) is 9.78 Å². The Morgan fingerprint density at radius 2 is 1.69 bits per heavy atom. The number of carbonyl (C=O) groups is 1. The normalized spacial score (nSPS) is 38.3. The number of halogens is 1. The van der Waals surface area contributed by atoms with E-state index < -0.39 is 114 Å². The molecule has 18 nitrogen and oxygen atoms in total. The third kappa shape index (κ3) is 13.8. The molecule has 3 aliphatic heterocycles. The van der Waals surface area contributed by atoms with Crippen molar-refractivity contribution in [2.45, 2.75) is 198 Å². The standard InChI is InChI=1S/C56H86FN7O11/c1-14-46-56(10,70)49(66)36(6)63(12)30-32(2)24-54(8,69)51(34(4)47(35(5)52(68)74-46)45-25-55(9,71-13)50(67)37(7)73-45)75-53-48(65)44(21-33(3)72-53)62(11)20-19-42-31-64(61-60-42)43(26-57)23-38-15-17-40(18-16-38)41-22-39(27-58)28-59-29-41/h15-18,22,28-29,31-37,43-51,53,65-67,69-70H,14,19-21,23-26,30H2,1-13H3/t32-,33-,34+,35-,36-,37+,43+,44+,45?,46-,47+,48-,49-,50+,51-,53+,54?,55-,56-/m1/s1. The summed E-state index contributed by atoms with van der Waals surface area (Å²) >= 11 is 0. The molecule has 19 atom stereocenters. The van der Waals surface area contributed by atoms with Gasteiger partial charge in [-0.2, -0.15) is 5.26 Å². The quantitative estimate of drug-likeness (QED) is 0.133. The van der Waals surface area contributed by atoms with Crippen molar-refractivity contribution < 1.29 is 58.4 Å². The van der Waals surface area contributed by atoms with Gasteiger partial charge in [0.15, 0.2) is 6.29 Å². The van der Waals surface area contributed by atoms with Crippen LogP contribution in [0, 0.1) is 35.0 Å². The summed E-state index contributed by atoms with van der Waals surface area (Å²) < 4.78 is 48.4. The van der Waals surface area contributed by atoms with Crippen LogP contribution in [0.3, 0.4) is 0 Å². The van der Waals surface area contributed by atoms with Gasteiger partial charge in [-0.1, -0.05) is 57.2 Å². The van der Waals surface area contributed by atoms with Gasteiger partial charge in [-0.25, -0.2) is 9.07 Å². The minimum absolute atomic E-state index is 0.172. The van der Waals surface area contributed by atoms with Gasteiger partial charge in [0.25, 0.3) is 0 Å². The number of pyridine rings is 1. The third-order valence-corrected chi connectivity index (χ3v) is 16.9. The molecule has 0 radical (unpaired) electrons. The van der Waals surface area contributed by atoms with Crippen LogP contribution in [0.2, 0.25) is 0 Å². The van der Waals surface area contributed by atoms with E-state index in [4.69, 9.17) is 23.7 Å². The van der Waals surface area contributed by atoms with Crippen LogP contribution in [0.1, 0.15) is 118 Å². The average molecular weight is 1050 g/mol. The molecule has 5 N–H and O–H groups in total. The molecule has 19 heteroatoms. The van der Waals surface area contributed by atoms with Crippen molar-refractivity contribution in [1.82, 2.24) is 29.8 Å². The molecule has 2 aromatic heterocycles. The van der Waals surface area contributed by atoms with Gasteiger partial charge in [-0.05, 0) is 110 Å². The van der Waals surface area contributed by atoms with Crippen LogP contribution in [0.5, 0.6) is 0 Å². The Morgan fingerprint density at radius 3 is 2.33 bits per heavy atom. The molecular weight excluding hydrogens is 966 g/mol. The van der Waals surface area contributed by atoms with E-state index in [2.05, 4.69) is 21.4 Å². The maximum atomic E-state index is 14.6. The molecule has 3 aliphatic rings. The first-order valence-corrected chi connectivity index (χ1v) is 26.8. The molecule has 0 saturated carbocycles. The molecule has 3 aromatic rings. The number of rotatable bonds is 14. The second-order valence-corrected chi connectivity index (χ2v) is 23.0. The molecule has 1 aromatic carbocycles. The van der Waals surface area contributed by atoms with E-state index in [0.29, 0.717) is 43.6 Å². The van der Waals surface area contributed by atoms with Crippen LogP contribution < -0.4 is 0 Å². The zero-order valence-electron chi connectivity index (χ0n) is 46.4. The molecule has 3 saturated heterocycles. The molecule has 0 bridgehead atoms. The summed E-state index contributed by atoms with van der Waals surface area (Å²) in [6.45, 7) is 18.0. The number of alkyl halides is 1. The van der Waals surface area contributed by atoms with Crippen molar-refractivity contribution in [2.75, 3.05) is 41.0 Å². The highest BCUT2D eigenvalue weighted by Gasteiger charge is 2.55. The number of aromatic nitrogens is 4. The molecular formula is C56H86FN7O11. The molecule has 0 aliphatic carbocycles. The second-order valence-electron chi connectivity index (χ2n) is 23.0. The van der Waals surface area contributed by atoms with Crippen LogP contribution in [0.4, 0.5) is 4.39 Å². The number of aliphatic hydroxyl groups is 5. The Labute approximate surface area is 443 Å². The van der Waals surface area contributed by atoms with Crippen LogP contribution in [0.25, 0.3) is 11.1 Å². The predicted molar refractivity (Wildman–Crippen MR) is 279 cm³/mol. The van der Waals surface area contributed by atoms with E-state index in [0.717, 1.165) is 16.7 Å². The predicted octanol–water partition coefficient (Wildman–Crippen LogP) is 5.07. The lowest BCUT2D eigenvalue weighted by Gasteiger charge is -2.51. The molecule has 418 valence electrons. The van der Waals surface area contributed by atoms with E-state index in [-0.39, 0.29) is 31.3 Å². The summed E-state index contributed by atoms with van der Waals surface area (Å²) in [5.41, 5.74) is -0.792. The van der Waals surface area contributed by atoms with E-state index in [1.54, 1.807) is 64.7 Å². The van der Waals surface area contributed by atoms with Crippen molar-refractivity contribution in [3.8, 4) is 17.2 Å². The molecule has 3 fully saturated rings. The summed E-state index contributed by atoms with van der Waals surface area (Å²) in [4.78, 5) is 22.7. The number of carbonyl (C=O) groups excluding carboxylic acids is 1. The Balaban J connectivity index is 1.24. The van der Waals surface area contributed by atoms with Crippen LogP contribution in [-0.2, 0) is 41.3 Å². The molecule has 75 heavy (non-hydrogen) atoms. The summed E-state index contributed by atoms with van der Waals surface area (Å²) in [5, 5.41) is 78.2. The summed E-state index contributed by atoms with van der Waals surface area (Å²) in [6.07, 6.45) is -1.93. The largest absolute Gasteiger partial charge is 0.459 e. The summed E-state index contributed by atoms with van der Waals surface area (Å²) in [6, 6.07) is 9.96. The number of hydrogen-bond acceptors (Lipinski definition) is 17. The van der Waals surface area contributed by atoms with Gasteiger partial charge >= 0.3 is 5.97 Å². The van der Waals surface area contributed by atoms with E-state index in [1.807, 2.05) is 68.9 Å². The van der Waals surface area contributed by atoms with E-state index in [1.165, 1.54) is 20.2 Å². The number of methoxy groups -OCH3 is 1. The number of ether oxygens (including phenoxy) is 5. The third-order valence-electron chi connectivity index (χ3n) is 16.9. The number of benzene rings is 1. The van der Waals surface area contributed by atoms with E-state index >= 15 is 0 Å². The molecule has 5 heterocycles. The highest BCUT2D eigenvalue weighted by Crippen LogP contribution is 2.45. The van der Waals surface area contributed by atoms with E-state index in [9.17, 15) is 40.0 Å². The first kappa shape index (κ1) is 60.2. The van der Waals surface area contributed by atoms with Crippen LogP contribution in [0.15, 0.2) is 48.9 Å². The number of nitrogens with zero attached hydrogens (tertiary/aromatic N) is 7. The SMILES string of the molecule is CC[C@H]1OC(=O)[C@H](C)[C@@H](C2C[C@@](C)(OC)[C@@H](O)[C@H](C)O2)[C@H](C)[C@@H](O[C@@H]2O[C@H](C)C[C@H](N(C)CCc3cn([C@H](CF)Cc4ccc(-c5cncc(C#N)c5)cc4)nn3)[C@H]2O)C(C)(O)C[C@@H](C)CN(C)[C@H](C)[C@@H](O)[C@]1(C)O. The smallest absolute Gasteiger partial charge is 0.309 e. The fourth-order valence-electron chi connectivity index (χ4n) is 12.3. The number of likely N-dealkylation sites (N-methyl/N-ethyl adjacent to an activating group) is 2. The maximum Gasteiger partial charge on any atom is 0.309 e. The Kier molecular flexibility index (Phi) is 20.2. The number of hydrogen-bond donors (Lipinski definition) is 5. The van der Waals surface area contributed by atoms with Crippen molar-refractivity contribution in [3.63, 3.8) is 0 Å². The molecule has 0 spiro atoms. The number of nitriles is 1. The second kappa shape index (κ2) is 25.2. The van der Waals surface area contributed by atoms with Gasteiger partial charge in [0.05, 0.1) is 58.8 Å². The van der Waals surface area contributed by atoms with Gasteiger partial charge in [-0.15, -0.1) is 5.10 Å². The zero-order valence-corrected chi connectivity index (χ0v) is 46.4. The fraction of sp³-hybridized carbons (Fsp3) is 0.732. The Bertz CT molecular complexity index is 2350.